The zero-order valence-electron chi connectivity index (χ0n) is 13.5. The normalized spacial score (nSPS) is 12.0. The van der Waals surface area contributed by atoms with E-state index in [2.05, 4.69) is 22.1 Å². The van der Waals surface area contributed by atoms with E-state index >= 15 is 0 Å². The molecule has 3 N–H and O–H groups in total. The highest BCUT2D eigenvalue weighted by molar-refractivity contribution is 5.82. The number of fused-ring (bicyclic) bond motifs is 1. The van der Waals surface area contributed by atoms with Crippen LogP contribution >= 0.6 is 0 Å². The number of H-pyrrole nitrogens is 1. The van der Waals surface area contributed by atoms with E-state index < -0.39 is 0 Å². The van der Waals surface area contributed by atoms with Gasteiger partial charge in [0.15, 0.2) is 0 Å². The van der Waals surface area contributed by atoms with Gasteiger partial charge in [0.05, 0.1) is 28.7 Å². The topological polar surface area (TPSA) is 78.5 Å². The second-order valence-corrected chi connectivity index (χ2v) is 5.93. The number of imidazole rings is 1. The fourth-order valence-corrected chi connectivity index (χ4v) is 2.91. The number of nitrogens with one attached hydrogen (secondary N) is 1. The molecule has 4 heteroatoms. The van der Waals surface area contributed by atoms with Crippen LogP contribution in [0.5, 0.6) is 0 Å². The van der Waals surface area contributed by atoms with Crippen LogP contribution in [-0.4, -0.2) is 9.97 Å². The Balaban J connectivity index is 1.71. The molecule has 1 heterocycles. The molecular weight excluding hydrogens is 308 g/mol. The lowest BCUT2D eigenvalue weighted by molar-refractivity contribution is 0.806. The molecule has 4 rings (SSSR count). The van der Waals surface area contributed by atoms with Crippen LogP contribution in [0.4, 0.5) is 0 Å². The third-order valence-corrected chi connectivity index (χ3v) is 4.30. The molecule has 0 aliphatic heterocycles. The van der Waals surface area contributed by atoms with Gasteiger partial charge in [-0.05, 0) is 41.0 Å². The number of nitrogens with zero attached hydrogens (tertiary/aromatic N) is 2. The molecule has 0 radical (unpaired) electrons. The smallest absolute Gasteiger partial charge is 0.128 e. The van der Waals surface area contributed by atoms with Crippen LogP contribution in [0.25, 0.3) is 22.2 Å². The maximum atomic E-state index is 8.91. The Morgan fingerprint density at radius 2 is 1.64 bits per heavy atom. The summed E-state index contributed by atoms with van der Waals surface area (Å²) < 4.78 is 0. The third kappa shape index (κ3) is 2.89. The Morgan fingerprint density at radius 3 is 2.36 bits per heavy atom. The fourth-order valence-electron chi connectivity index (χ4n) is 2.91. The minimum Gasteiger partial charge on any atom is -0.340 e. The Labute approximate surface area is 145 Å². The molecule has 0 aliphatic rings. The highest BCUT2D eigenvalue weighted by Gasteiger charge is 2.13. The van der Waals surface area contributed by atoms with Crippen molar-refractivity contribution < 1.29 is 0 Å². The second kappa shape index (κ2) is 6.23. The van der Waals surface area contributed by atoms with Crippen molar-refractivity contribution in [1.82, 2.24) is 9.97 Å². The van der Waals surface area contributed by atoms with E-state index in [0.29, 0.717) is 5.56 Å². The number of hydrogen-bond donors (Lipinski definition) is 2. The summed E-state index contributed by atoms with van der Waals surface area (Å²) in [4.78, 5) is 7.97. The van der Waals surface area contributed by atoms with Gasteiger partial charge in [-0.25, -0.2) is 4.98 Å². The summed E-state index contributed by atoms with van der Waals surface area (Å²) in [5, 5.41) is 8.91. The zero-order chi connectivity index (χ0) is 17.2. The average molecular weight is 324 g/mol. The number of nitriles is 1. The molecule has 1 unspecified atom stereocenters. The molecule has 120 valence electrons. The molecular formula is C21H16N4. The van der Waals surface area contributed by atoms with Gasteiger partial charge in [0, 0.05) is 0 Å². The molecule has 4 nitrogen and oxygen atoms in total. The Kier molecular flexibility index (Phi) is 3.77. The standard InChI is InChI=1S/C21H16N4/c22-13-14-6-8-15(9-7-14)17-10-11-18-19(12-17)25-21(24-18)20(23)16-4-2-1-3-5-16/h1-12,20H,23H2,(H,24,25). The van der Waals surface area contributed by atoms with Crippen molar-refractivity contribution >= 4 is 11.0 Å². The summed E-state index contributed by atoms with van der Waals surface area (Å²) in [7, 11) is 0. The lowest BCUT2D eigenvalue weighted by Gasteiger charge is -2.08. The number of nitrogens with two attached hydrogens (primary N) is 1. The fraction of sp³-hybridized carbons (Fsp3) is 0.0476. The largest absolute Gasteiger partial charge is 0.340 e. The van der Waals surface area contributed by atoms with Crippen LogP contribution in [-0.2, 0) is 0 Å². The van der Waals surface area contributed by atoms with Crippen molar-refractivity contribution in [2.24, 2.45) is 5.73 Å². The number of aromatic amines is 1. The summed E-state index contributed by atoms with van der Waals surface area (Å²) >= 11 is 0. The van der Waals surface area contributed by atoms with Gasteiger partial charge in [0.1, 0.15) is 5.82 Å². The van der Waals surface area contributed by atoms with E-state index in [9.17, 15) is 0 Å². The molecule has 1 atom stereocenters. The molecule has 0 amide bonds. The van der Waals surface area contributed by atoms with Crippen molar-refractivity contribution in [3.05, 3.63) is 89.7 Å². The van der Waals surface area contributed by atoms with Crippen LogP contribution in [0.2, 0.25) is 0 Å². The Morgan fingerprint density at radius 1 is 0.920 bits per heavy atom. The summed E-state index contributed by atoms with van der Waals surface area (Å²) in [6.07, 6.45) is 0. The van der Waals surface area contributed by atoms with Gasteiger partial charge in [-0.2, -0.15) is 5.26 Å². The molecule has 0 fully saturated rings. The van der Waals surface area contributed by atoms with Gasteiger partial charge >= 0.3 is 0 Å². The average Bonchev–Trinajstić information content (AvgIpc) is 3.11. The quantitative estimate of drug-likeness (QED) is 0.594. The summed E-state index contributed by atoms with van der Waals surface area (Å²) in [6, 6.07) is 25.4. The molecule has 0 saturated carbocycles. The van der Waals surface area contributed by atoms with E-state index in [1.807, 2.05) is 66.7 Å². The van der Waals surface area contributed by atoms with Crippen LogP contribution in [0.1, 0.15) is 23.0 Å². The molecule has 25 heavy (non-hydrogen) atoms. The first-order chi connectivity index (χ1) is 12.2. The van der Waals surface area contributed by atoms with Crippen molar-refractivity contribution in [1.29, 1.82) is 5.26 Å². The van der Waals surface area contributed by atoms with Gasteiger partial charge in [-0.3, -0.25) is 0 Å². The van der Waals surface area contributed by atoms with E-state index in [0.717, 1.165) is 33.5 Å². The monoisotopic (exact) mass is 324 g/mol. The first-order valence-electron chi connectivity index (χ1n) is 8.05. The summed E-state index contributed by atoms with van der Waals surface area (Å²) in [5.41, 5.74) is 12.0. The lowest BCUT2D eigenvalue weighted by atomic mass is 10.0. The van der Waals surface area contributed by atoms with Crippen molar-refractivity contribution in [3.8, 4) is 17.2 Å². The lowest BCUT2D eigenvalue weighted by Crippen LogP contribution is -2.13. The minimum atomic E-state index is -0.285. The van der Waals surface area contributed by atoms with Crippen LogP contribution < -0.4 is 5.73 Å². The van der Waals surface area contributed by atoms with Gasteiger partial charge in [0.2, 0.25) is 0 Å². The summed E-state index contributed by atoms with van der Waals surface area (Å²) in [6.45, 7) is 0. The van der Waals surface area contributed by atoms with E-state index in [-0.39, 0.29) is 6.04 Å². The van der Waals surface area contributed by atoms with E-state index in [1.165, 1.54) is 0 Å². The molecule has 0 bridgehead atoms. The maximum absolute atomic E-state index is 8.91. The number of benzene rings is 3. The van der Waals surface area contributed by atoms with Crippen molar-refractivity contribution in [3.63, 3.8) is 0 Å². The predicted molar refractivity (Wildman–Crippen MR) is 98.7 cm³/mol. The highest BCUT2D eigenvalue weighted by Crippen LogP contribution is 2.26. The van der Waals surface area contributed by atoms with Crippen LogP contribution in [0, 0.1) is 11.3 Å². The van der Waals surface area contributed by atoms with Gasteiger partial charge in [-0.1, -0.05) is 48.5 Å². The Bertz CT molecular complexity index is 1060. The van der Waals surface area contributed by atoms with Gasteiger partial charge < -0.3 is 10.7 Å². The first kappa shape index (κ1) is 15.1. The van der Waals surface area contributed by atoms with E-state index in [1.54, 1.807) is 0 Å². The van der Waals surface area contributed by atoms with Gasteiger partial charge in [0.25, 0.3) is 0 Å². The highest BCUT2D eigenvalue weighted by atomic mass is 15.0. The number of rotatable bonds is 3. The van der Waals surface area contributed by atoms with Crippen LogP contribution in [0.3, 0.4) is 0 Å². The third-order valence-electron chi connectivity index (χ3n) is 4.30. The molecule has 0 spiro atoms. The van der Waals surface area contributed by atoms with Crippen molar-refractivity contribution in [2.75, 3.05) is 0 Å². The maximum Gasteiger partial charge on any atom is 0.128 e. The van der Waals surface area contributed by atoms with Gasteiger partial charge in [-0.15, -0.1) is 0 Å². The molecule has 0 saturated heterocycles. The SMILES string of the molecule is N#Cc1ccc(-c2ccc3nc(C(N)c4ccccc4)[nH]c3c2)cc1. The molecule has 0 aliphatic carbocycles. The predicted octanol–water partition coefficient (Wildman–Crippen LogP) is 4.15. The van der Waals surface area contributed by atoms with Crippen molar-refractivity contribution in [2.45, 2.75) is 6.04 Å². The van der Waals surface area contributed by atoms with E-state index in [4.69, 9.17) is 11.0 Å². The Hall–Kier alpha value is -3.42. The first-order valence-corrected chi connectivity index (χ1v) is 8.05. The summed E-state index contributed by atoms with van der Waals surface area (Å²) in [5.74, 6) is 0.748. The van der Waals surface area contributed by atoms with Crippen LogP contribution in [0.15, 0.2) is 72.8 Å². The molecule has 1 aromatic heterocycles. The molecule has 3 aromatic carbocycles. The zero-order valence-corrected chi connectivity index (χ0v) is 13.5. The second-order valence-electron chi connectivity index (χ2n) is 5.93. The minimum absolute atomic E-state index is 0.285. The molecule has 4 aromatic rings. The number of hydrogen-bond acceptors (Lipinski definition) is 3. The number of aromatic nitrogens is 2.